The molecular formula is C22H31N5O4S. The summed E-state index contributed by atoms with van der Waals surface area (Å²) in [5, 5.41) is 7.66. The molecule has 0 bridgehead atoms. The summed E-state index contributed by atoms with van der Waals surface area (Å²) in [6.07, 6.45) is 0.617. The molecule has 1 aromatic heterocycles. The van der Waals surface area contributed by atoms with Gasteiger partial charge >= 0.3 is 6.03 Å². The van der Waals surface area contributed by atoms with Crippen LogP contribution in [0.5, 0.6) is 5.75 Å². The molecule has 32 heavy (non-hydrogen) atoms. The number of urea groups is 1. The average Bonchev–Trinajstić information content (AvgIpc) is 3.30. The number of carbonyl (C=O) groups is 1. The summed E-state index contributed by atoms with van der Waals surface area (Å²) in [5.41, 5.74) is 3.99. The Labute approximate surface area is 189 Å². The Hall–Kier alpha value is -2.75. The third-order valence-corrected chi connectivity index (χ3v) is 8.08. The van der Waals surface area contributed by atoms with Gasteiger partial charge in [-0.2, -0.15) is 5.10 Å². The van der Waals surface area contributed by atoms with Crippen LogP contribution in [0, 0.1) is 13.8 Å². The van der Waals surface area contributed by atoms with Gasteiger partial charge in [-0.15, -0.1) is 0 Å². The van der Waals surface area contributed by atoms with Crippen molar-refractivity contribution >= 4 is 21.6 Å². The molecule has 1 aromatic carbocycles. The van der Waals surface area contributed by atoms with Gasteiger partial charge in [-0.3, -0.25) is 4.68 Å². The number of anilines is 1. The Bertz CT molecular complexity index is 1070. The van der Waals surface area contributed by atoms with Crippen LogP contribution in [0.25, 0.3) is 0 Å². The summed E-state index contributed by atoms with van der Waals surface area (Å²) in [5.74, 6) is 1.19. The van der Waals surface area contributed by atoms with Crippen molar-refractivity contribution in [2.45, 2.75) is 32.9 Å². The van der Waals surface area contributed by atoms with Gasteiger partial charge in [0, 0.05) is 32.7 Å². The Morgan fingerprint density at radius 2 is 1.84 bits per heavy atom. The normalized spacial score (nSPS) is 20.4. The number of hydrogen-bond acceptors (Lipinski definition) is 6. The highest BCUT2D eigenvalue weighted by molar-refractivity contribution is 7.91. The summed E-state index contributed by atoms with van der Waals surface area (Å²) in [6.45, 7) is 7.12. The third kappa shape index (κ3) is 4.69. The molecule has 10 heteroatoms. The highest BCUT2D eigenvalue weighted by Gasteiger charge is 2.33. The van der Waals surface area contributed by atoms with Crippen molar-refractivity contribution in [1.82, 2.24) is 20.0 Å². The first-order chi connectivity index (χ1) is 15.3. The van der Waals surface area contributed by atoms with Crippen LogP contribution >= 0.6 is 0 Å². The molecule has 0 radical (unpaired) electrons. The smallest absolute Gasteiger partial charge is 0.317 e. The van der Waals surface area contributed by atoms with Crippen LogP contribution in [-0.4, -0.2) is 73.9 Å². The van der Waals surface area contributed by atoms with Gasteiger partial charge in [-0.25, -0.2) is 13.2 Å². The fourth-order valence-electron chi connectivity index (χ4n) is 4.60. The topological polar surface area (TPSA) is 96.8 Å². The Kier molecular flexibility index (Phi) is 6.32. The number of piperazine rings is 1. The summed E-state index contributed by atoms with van der Waals surface area (Å²) < 4.78 is 30.8. The van der Waals surface area contributed by atoms with E-state index in [4.69, 9.17) is 4.74 Å². The fourth-order valence-corrected chi connectivity index (χ4v) is 6.29. The number of carbonyl (C=O) groups excluding carboxylic acids is 1. The molecule has 9 nitrogen and oxygen atoms in total. The molecule has 1 atom stereocenters. The number of aryl methyl sites for hydroxylation is 1. The second-order valence-corrected chi connectivity index (χ2v) is 10.7. The lowest BCUT2D eigenvalue weighted by Gasteiger charge is -2.36. The maximum Gasteiger partial charge on any atom is 0.317 e. The number of ether oxygens (including phenoxy) is 1. The van der Waals surface area contributed by atoms with Gasteiger partial charge in [0.15, 0.2) is 9.84 Å². The maximum atomic E-state index is 12.6. The van der Waals surface area contributed by atoms with E-state index in [1.807, 2.05) is 47.7 Å². The average molecular weight is 462 g/mol. The van der Waals surface area contributed by atoms with Crippen LogP contribution in [0.15, 0.2) is 24.3 Å². The number of sulfone groups is 1. The van der Waals surface area contributed by atoms with Crippen LogP contribution in [0.1, 0.15) is 29.4 Å². The van der Waals surface area contributed by atoms with Gasteiger partial charge in [0.05, 0.1) is 41.7 Å². The van der Waals surface area contributed by atoms with E-state index in [2.05, 4.69) is 15.3 Å². The molecule has 2 amide bonds. The number of nitrogens with one attached hydrogen (secondary N) is 1. The summed E-state index contributed by atoms with van der Waals surface area (Å²) in [7, 11) is -1.34. The molecule has 0 saturated carbocycles. The zero-order valence-corrected chi connectivity index (χ0v) is 19.7. The van der Waals surface area contributed by atoms with Crippen molar-refractivity contribution in [3.8, 4) is 5.75 Å². The molecule has 2 aliphatic heterocycles. The van der Waals surface area contributed by atoms with Crippen LogP contribution < -0.4 is 15.0 Å². The van der Waals surface area contributed by atoms with E-state index in [-0.39, 0.29) is 23.6 Å². The van der Waals surface area contributed by atoms with Crippen LogP contribution in [0.2, 0.25) is 0 Å². The molecule has 0 spiro atoms. The van der Waals surface area contributed by atoms with E-state index in [9.17, 15) is 13.2 Å². The van der Waals surface area contributed by atoms with E-state index in [0.717, 1.165) is 28.4 Å². The minimum absolute atomic E-state index is 0.0687. The highest BCUT2D eigenvalue weighted by atomic mass is 32.2. The van der Waals surface area contributed by atoms with Gasteiger partial charge in [-0.05, 0) is 38.0 Å². The van der Waals surface area contributed by atoms with Crippen LogP contribution in [0.4, 0.5) is 10.5 Å². The summed E-state index contributed by atoms with van der Waals surface area (Å²) >= 11 is 0. The van der Waals surface area contributed by atoms with Gasteiger partial charge in [-0.1, -0.05) is 12.1 Å². The Morgan fingerprint density at radius 1 is 1.16 bits per heavy atom. The fraction of sp³-hybridized carbons (Fsp3) is 0.545. The monoisotopic (exact) mass is 461 g/mol. The third-order valence-electron chi connectivity index (χ3n) is 6.33. The lowest BCUT2D eigenvalue weighted by Crippen LogP contribution is -2.52. The van der Waals surface area contributed by atoms with Crippen molar-refractivity contribution in [3.05, 3.63) is 41.2 Å². The second-order valence-electron chi connectivity index (χ2n) is 8.50. The van der Waals surface area contributed by atoms with E-state index >= 15 is 0 Å². The maximum absolute atomic E-state index is 12.6. The zero-order valence-electron chi connectivity index (χ0n) is 18.9. The van der Waals surface area contributed by atoms with Crippen LogP contribution in [-0.2, 0) is 16.4 Å². The van der Waals surface area contributed by atoms with Gasteiger partial charge in [0.1, 0.15) is 5.75 Å². The standard InChI is InChI=1S/C22H31N5O4S/c1-16-21(17(2)27(24-16)19-8-13-32(29,30)15-19)25-9-11-26(12-10-25)22(28)23-14-18-4-6-20(31-3)7-5-18/h4-7,19H,8-15H2,1-3H3,(H,23,28). The second kappa shape index (κ2) is 9.01. The van der Waals surface area contributed by atoms with Crippen LogP contribution in [0.3, 0.4) is 0 Å². The molecule has 4 rings (SSSR count). The number of amides is 2. The number of rotatable bonds is 5. The molecule has 0 aliphatic carbocycles. The van der Waals surface area contributed by atoms with E-state index in [1.54, 1.807) is 7.11 Å². The minimum Gasteiger partial charge on any atom is -0.497 e. The number of methoxy groups -OCH3 is 1. The van der Waals surface area contributed by atoms with E-state index in [1.165, 1.54) is 0 Å². The quantitative estimate of drug-likeness (QED) is 0.731. The lowest BCUT2D eigenvalue weighted by molar-refractivity contribution is 0.194. The van der Waals surface area contributed by atoms with Crippen molar-refractivity contribution in [2.75, 3.05) is 49.7 Å². The predicted octanol–water partition coefficient (Wildman–Crippen LogP) is 1.90. The van der Waals surface area contributed by atoms with Crippen molar-refractivity contribution < 1.29 is 17.9 Å². The minimum atomic E-state index is -2.97. The highest BCUT2D eigenvalue weighted by Crippen LogP contribution is 2.31. The number of hydrogen-bond donors (Lipinski definition) is 1. The first-order valence-corrected chi connectivity index (χ1v) is 12.8. The first-order valence-electron chi connectivity index (χ1n) is 10.9. The molecule has 2 saturated heterocycles. The number of aromatic nitrogens is 2. The Morgan fingerprint density at radius 3 is 2.44 bits per heavy atom. The van der Waals surface area contributed by atoms with Gasteiger partial charge in [0.25, 0.3) is 0 Å². The Balaban J connectivity index is 1.34. The van der Waals surface area contributed by atoms with Crippen molar-refractivity contribution in [1.29, 1.82) is 0 Å². The zero-order chi connectivity index (χ0) is 22.9. The molecular weight excluding hydrogens is 430 g/mol. The molecule has 3 heterocycles. The molecule has 2 aromatic rings. The lowest BCUT2D eigenvalue weighted by atomic mass is 10.2. The molecule has 2 aliphatic rings. The molecule has 174 valence electrons. The van der Waals surface area contributed by atoms with Gasteiger partial charge < -0.3 is 19.9 Å². The number of benzene rings is 1. The summed E-state index contributed by atoms with van der Waals surface area (Å²) in [6, 6.07) is 7.49. The summed E-state index contributed by atoms with van der Waals surface area (Å²) in [4.78, 5) is 16.7. The molecule has 1 N–H and O–H groups in total. The van der Waals surface area contributed by atoms with E-state index < -0.39 is 9.84 Å². The number of nitrogens with zero attached hydrogens (tertiary/aromatic N) is 4. The van der Waals surface area contributed by atoms with E-state index in [0.29, 0.717) is 39.1 Å². The molecule has 1 unspecified atom stereocenters. The molecule has 2 fully saturated rings. The van der Waals surface area contributed by atoms with Crippen molar-refractivity contribution in [3.63, 3.8) is 0 Å². The first kappa shape index (κ1) is 22.4. The predicted molar refractivity (Wildman–Crippen MR) is 123 cm³/mol. The van der Waals surface area contributed by atoms with Crippen molar-refractivity contribution in [2.24, 2.45) is 0 Å². The van der Waals surface area contributed by atoms with Gasteiger partial charge in [0.2, 0.25) is 0 Å². The SMILES string of the molecule is COc1ccc(CNC(=O)N2CCN(c3c(C)nn(C4CCS(=O)(=O)C4)c3C)CC2)cc1. The largest absolute Gasteiger partial charge is 0.497 e.